The minimum Gasteiger partial charge on any atom is -0.480 e. The Morgan fingerprint density at radius 1 is 1.38 bits per heavy atom. The van der Waals surface area contributed by atoms with Crippen molar-refractivity contribution >= 4 is 16.2 Å². The number of unbranched alkanes of at least 4 members (excludes halogenated alkanes) is 1. The number of nitrogens with zero attached hydrogens (tertiary/aromatic N) is 2. The first kappa shape index (κ1) is 18.4. The van der Waals surface area contributed by atoms with E-state index in [0.29, 0.717) is 25.9 Å². The maximum Gasteiger partial charge on any atom is 0.322 e. The molecule has 0 amide bonds. The van der Waals surface area contributed by atoms with E-state index in [-0.39, 0.29) is 6.04 Å². The zero-order valence-corrected chi connectivity index (χ0v) is 14.1. The molecule has 21 heavy (non-hydrogen) atoms. The molecule has 0 aromatic carbocycles. The molecule has 124 valence electrons. The summed E-state index contributed by atoms with van der Waals surface area (Å²) in [5.74, 6) is -1.04. The highest BCUT2D eigenvalue weighted by Crippen LogP contribution is 2.25. The van der Waals surface area contributed by atoms with Crippen LogP contribution in [0.2, 0.25) is 0 Å². The van der Waals surface area contributed by atoms with E-state index in [4.69, 9.17) is 0 Å². The lowest BCUT2D eigenvalue weighted by Crippen LogP contribution is -2.55. The molecule has 1 heterocycles. The van der Waals surface area contributed by atoms with Crippen molar-refractivity contribution in [3.63, 3.8) is 0 Å². The first-order valence-electron chi connectivity index (χ1n) is 7.87. The zero-order chi connectivity index (χ0) is 16.0. The fourth-order valence-electron chi connectivity index (χ4n) is 2.64. The van der Waals surface area contributed by atoms with Crippen LogP contribution in [0, 0.1) is 0 Å². The fraction of sp³-hybridized carbons (Fsp3) is 0.929. The van der Waals surface area contributed by atoms with E-state index in [1.54, 1.807) is 0 Å². The predicted molar refractivity (Wildman–Crippen MR) is 82.3 cm³/mol. The quantitative estimate of drug-likeness (QED) is 0.742. The van der Waals surface area contributed by atoms with Gasteiger partial charge in [-0.2, -0.15) is 17.0 Å². The standard InChI is InChI=1S/C14H28N2O4S/c1-4-6-10-15(12(3)5-2)21(19,20)16-11-8-7-9-13(16)14(17)18/h12-13H,4-11H2,1-3H3,(H,17,18). The molecule has 1 N–H and O–H groups in total. The molecule has 0 saturated carbocycles. The molecule has 1 aliphatic rings. The highest BCUT2D eigenvalue weighted by atomic mass is 32.2. The Balaban J connectivity index is 3.04. The zero-order valence-electron chi connectivity index (χ0n) is 13.3. The molecule has 1 rings (SSSR count). The average molecular weight is 320 g/mol. The Bertz CT molecular complexity index is 438. The molecule has 0 aliphatic carbocycles. The Labute approximate surface area is 128 Å². The van der Waals surface area contributed by atoms with Gasteiger partial charge in [0, 0.05) is 19.1 Å². The first-order valence-corrected chi connectivity index (χ1v) is 9.27. The lowest BCUT2D eigenvalue weighted by Gasteiger charge is -2.38. The van der Waals surface area contributed by atoms with Gasteiger partial charge in [-0.05, 0) is 39.0 Å². The Hall–Kier alpha value is -0.660. The highest BCUT2D eigenvalue weighted by Gasteiger charge is 2.40. The molecule has 0 radical (unpaired) electrons. The van der Waals surface area contributed by atoms with Gasteiger partial charge in [0.1, 0.15) is 6.04 Å². The number of hydrogen-bond donors (Lipinski definition) is 1. The Kier molecular flexibility index (Phi) is 7.09. The van der Waals surface area contributed by atoms with Crippen LogP contribution in [0.15, 0.2) is 0 Å². The van der Waals surface area contributed by atoms with Crippen LogP contribution in [0.3, 0.4) is 0 Å². The van der Waals surface area contributed by atoms with Crippen LogP contribution < -0.4 is 0 Å². The SMILES string of the molecule is CCCCN(C(C)CC)S(=O)(=O)N1CCCCC1C(=O)O. The van der Waals surface area contributed by atoms with Crippen molar-refractivity contribution in [2.75, 3.05) is 13.1 Å². The van der Waals surface area contributed by atoms with Gasteiger partial charge in [0.25, 0.3) is 10.2 Å². The summed E-state index contributed by atoms with van der Waals surface area (Å²) in [6, 6.07) is -1.03. The molecule has 1 fully saturated rings. The van der Waals surface area contributed by atoms with E-state index in [1.165, 1.54) is 8.61 Å². The molecule has 6 nitrogen and oxygen atoms in total. The third-order valence-corrected chi connectivity index (χ3v) is 6.31. The van der Waals surface area contributed by atoms with Crippen molar-refractivity contribution in [3.05, 3.63) is 0 Å². The molecule has 2 unspecified atom stereocenters. The Morgan fingerprint density at radius 2 is 2.05 bits per heavy atom. The molecule has 7 heteroatoms. The normalized spacial score (nSPS) is 22.4. The minimum absolute atomic E-state index is 0.113. The van der Waals surface area contributed by atoms with E-state index in [2.05, 4.69) is 0 Å². The average Bonchev–Trinajstić information content (AvgIpc) is 2.47. The van der Waals surface area contributed by atoms with Gasteiger partial charge < -0.3 is 5.11 Å². The number of piperidine rings is 1. The van der Waals surface area contributed by atoms with Crippen molar-refractivity contribution in [1.29, 1.82) is 0 Å². The molecule has 1 aliphatic heterocycles. The fourth-order valence-corrected chi connectivity index (χ4v) is 4.75. The molecule has 0 aromatic heterocycles. The molecular weight excluding hydrogens is 292 g/mol. The van der Waals surface area contributed by atoms with Crippen molar-refractivity contribution in [3.8, 4) is 0 Å². The van der Waals surface area contributed by atoms with E-state index < -0.39 is 22.2 Å². The number of carboxylic acids is 1. The van der Waals surface area contributed by atoms with Crippen LogP contribution in [-0.4, -0.2) is 53.3 Å². The molecule has 0 bridgehead atoms. The van der Waals surface area contributed by atoms with Crippen molar-refractivity contribution in [2.24, 2.45) is 0 Å². The smallest absolute Gasteiger partial charge is 0.322 e. The number of rotatable bonds is 8. The molecular formula is C14H28N2O4S. The number of carboxylic acid groups (broad SMARTS) is 1. The minimum atomic E-state index is -3.72. The van der Waals surface area contributed by atoms with Crippen LogP contribution in [0.1, 0.15) is 59.3 Å². The van der Waals surface area contributed by atoms with Gasteiger partial charge in [-0.1, -0.05) is 20.3 Å². The highest BCUT2D eigenvalue weighted by molar-refractivity contribution is 7.86. The summed E-state index contributed by atoms with van der Waals surface area (Å²) in [6.07, 6.45) is 4.30. The summed E-state index contributed by atoms with van der Waals surface area (Å²) in [6.45, 7) is 6.61. The molecule has 0 aromatic rings. The molecule has 1 saturated heterocycles. The van der Waals surface area contributed by atoms with E-state index >= 15 is 0 Å². The largest absolute Gasteiger partial charge is 0.480 e. The van der Waals surface area contributed by atoms with Gasteiger partial charge >= 0.3 is 5.97 Å². The second-order valence-corrected chi connectivity index (χ2v) is 7.52. The predicted octanol–water partition coefficient (Wildman–Crippen LogP) is 2.07. The third-order valence-electron chi connectivity index (χ3n) is 4.15. The number of aliphatic carboxylic acids is 1. The number of carbonyl (C=O) groups is 1. The summed E-state index contributed by atoms with van der Waals surface area (Å²) in [5, 5.41) is 9.30. The summed E-state index contributed by atoms with van der Waals surface area (Å²) < 4.78 is 28.5. The van der Waals surface area contributed by atoms with Crippen LogP contribution in [0.4, 0.5) is 0 Å². The first-order chi connectivity index (χ1) is 9.86. The van der Waals surface area contributed by atoms with Crippen molar-refractivity contribution in [1.82, 2.24) is 8.61 Å². The second-order valence-electron chi connectivity index (χ2n) is 5.69. The third kappa shape index (κ3) is 4.40. The van der Waals surface area contributed by atoms with Crippen LogP contribution in [-0.2, 0) is 15.0 Å². The summed E-state index contributed by atoms with van der Waals surface area (Å²) >= 11 is 0. The maximum atomic E-state index is 12.9. The van der Waals surface area contributed by atoms with Gasteiger partial charge in [-0.25, -0.2) is 0 Å². The lowest BCUT2D eigenvalue weighted by molar-refractivity contribution is -0.142. The molecule has 0 spiro atoms. The summed E-state index contributed by atoms with van der Waals surface area (Å²) in [5.41, 5.74) is 0. The van der Waals surface area contributed by atoms with Crippen molar-refractivity contribution in [2.45, 2.75) is 71.4 Å². The van der Waals surface area contributed by atoms with Crippen LogP contribution in [0.5, 0.6) is 0 Å². The van der Waals surface area contributed by atoms with E-state index in [0.717, 1.165) is 25.7 Å². The van der Waals surface area contributed by atoms with Crippen molar-refractivity contribution < 1.29 is 18.3 Å². The number of hydrogen-bond acceptors (Lipinski definition) is 3. The van der Waals surface area contributed by atoms with Crippen LogP contribution in [0.25, 0.3) is 0 Å². The van der Waals surface area contributed by atoms with Gasteiger partial charge in [0.05, 0.1) is 0 Å². The van der Waals surface area contributed by atoms with Gasteiger partial charge in [-0.15, -0.1) is 0 Å². The topological polar surface area (TPSA) is 77.9 Å². The maximum absolute atomic E-state index is 12.9. The van der Waals surface area contributed by atoms with Gasteiger partial charge in [-0.3, -0.25) is 4.79 Å². The lowest BCUT2D eigenvalue weighted by atomic mass is 10.1. The van der Waals surface area contributed by atoms with Gasteiger partial charge in [0.2, 0.25) is 0 Å². The Morgan fingerprint density at radius 3 is 2.57 bits per heavy atom. The second kappa shape index (κ2) is 8.10. The molecule has 2 atom stereocenters. The van der Waals surface area contributed by atoms with Crippen LogP contribution >= 0.6 is 0 Å². The van der Waals surface area contributed by atoms with E-state index in [1.807, 2.05) is 20.8 Å². The van der Waals surface area contributed by atoms with Gasteiger partial charge in [0.15, 0.2) is 0 Å². The van der Waals surface area contributed by atoms with E-state index in [9.17, 15) is 18.3 Å². The summed E-state index contributed by atoms with van der Waals surface area (Å²) in [7, 11) is -3.72. The summed E-state index contributed by atoms with van der Waals surface area (Å²) in [4.78, 5) is 11.4. The monoisotopic (exact) mass is 320 g/mol.